The molecule has 0 heterocycles. The average Bonchev–Trinajstić information content (AvgIpc) is 2.69. The summed E-state index contributed by atoms with van der Waals surface area (Å²) in [5.41, 5.74) is 0.610. The van der Waals surface area contributed by atoms with Gasteiger partial charge in [0.05, 0.1) is 41.0 Å². The van der Waals surface area contributed by atoms with E-state index in [4.69, 9.17) is 27.9 Å². The Bertz CT molecular complexity index is 885. The van der Waals surface area contributed by atoms with Gasteiger partial charge >= 0.3 is 0 Å². The van der Waals surface area contributed by atoms with E-state index in [9.17, 15) is 14.4 Å². The van der Waals surface area contributed by atoms with Crippen LogP contribution in [0.5, 0.6) is 5.75 Å². The molecule has 9 heteroatoms. The summed E-state index contributed by atoms with van der Waals surface area (Å²) in [5, 5.41) is 5.69. The zero-order valence-electron chi connectivity index (χ0n) is 16.0. The zero-order valence-corrected chi connectivity index (χ0v) is 17.5. The molecule has 0 aliphatic heterocycles. The van der Waals surface area contributed by atoms with Crippen LogP contribution in [-0.2, 0) is 9.59 Å². The number of likely N-dealkylation sites (N-methyl/N-ethyl adjacent to an activating group) is 1. The van der Waals surface area contributed by atoms with Crippen LogP contribution in [0.4, 0.5) is 5.69 Å². The largest absolute Gasteiger partial charge is 0.493 e. The highest BCUT2D eigenvalue weighted by molar-refractivity contribution is 6.39. The number of carbonyl (C=O) groups excluding carboxylic acids is 3. The van der Waals surface area contributed by atoms with Gasteiger partial charge in [0.15, 0.2) is 0 Å². The summed E-state index contributed by atoms with van der Waals surface area (Å²) in [4.78, 5) is 38.0. The Morgan fingerprint density at radius 3 is 2.34 bits per heavy atom. The van der Waals surface area contributed by atoms with Crippen LogP contribution >= 0.6 is 23.2 Å². The molecule has 2 aromatic rings. The fourth-order valence-electron chi connectivity index (χ4n) is 2.42. The molecular weight excluding hydrogens is 417 g/mol. The minimum Gasteiger partial charge on any atom is -0.493 e. The molecule has 0 fully saturated rings. The number of hydrogen-bond acceptors (Lipinski definition) is 4. The Morgan fingerprint density at radius 1 is 1.03 bits per heavy atom. The highest BCUT2D eigenvalue weighted by atomic mass is 35.5. The van der Waals surface area contributed by atoms with Crippen molar-refractivity contribution >= 4 is 46.6 Å². The van der Waals surface area contributed by atoms with Crippen LogP contribution in [-0.4, -0.2) is 49.4 Å². The van der Waals surface area contributed by atoms with E-state index in [2.05, 4.69) is 10.6 Å². The number of nitrogens with one attached hydrogen (secondary N) is 2. The van der Waals surface area contributed by atoms with E-state index < -0.39 is 17.7 Å². The molecule has 0 unspecified atom stereocenters. The first kappa shape index (κ1) is 22.5. The molecule has 2 N–H and O–H groups in total. The van der Waals surface area contributed by atoms with Crippen molar-refractivity contribution in [3.05, 3.63) is 58.1 Å². The van der Waals surface area contributed by atoms with Gasteiger partial charge in [-0.15, -0.1) is 0 Å². The molecule has 0 atom stereocenters. The molecule has 0 saturated heterocycles. The molecule has 0 radical (unpaired) electrons. The number of hydrogen-bond donors (Lipinski definition) is 2. The van der Waals surface area contributed by atoms with Crippen LogP contribution in [0.1, 0.15) is 17.3 Å². The third kappa shape index (κ3) is 6.37. The van der Waals surface area contributed by atoms with E-state index in [1.54, 1.807) is 42.5 Å². The summed E-state index contributed by atoms with van der Waals surface area (Å²) in [5.74, 6) is -0.913. The molecule has 0 aromatic heterocycles. The van der Waals surface area contributed by atoms with E-state index in [-0.39, 0.29) is 18.8 Å². The molecule has 29 heavy (non-hydrogen) atoms. The maximum absolute atomic E-state index is 12.3. The van der Waals surface area contributed by atoms with E-state index in [0.717, 1.165) is 0 Å². The zero-order chi connectivity index (χ0) is 21.4. The Morgan fingerprint density at radius 2 is 1.69 bits per heavy atom. The first-order valence-corrected chi connectivity index (χ1v) is 9.57. The molecule has 7 nitrogen and oxygen atoms in total. The second kappa shape index (κ2) is 10.7. The van der Waals surface area contributed by atoms with Gasteiger partial charge in [-0.3, -0.25) is 14.4 Å². The van der Waals surface area contributed by atoms with E-state index in [1.807, 2.05) is 6.92 Å². The Labute approximate surface area is 178 Å². The highest BCUT2D eigenvalue weighted by Crippen LogP contribution is 2.29. The van der Waals surface area contributed by atoms with Gasteiger partial charge in [0.25, 0.3) is 5.91 Å². The van der Waals surface area contributed by atoms with Crippen molar-refractivity contribution in [3.63, 3.8) is 0 Å². The SMILES string of the molecule is CCOc1ccccc1C(=O)NCC(=O)N(C)CC(=O)Nc1c(Cl)cccc1Cl. The number of rotatable bonds is 8. The fraction of sp³-hybridized carbons (Fsp3) is 0.250. The first-order chi connectivity index (χ1) is 13.8. The van der Waals surface area contributed by atoms with Crippen molar-refractivity contribution in [1.29, 1.82) is 0 Å². The molecular formula is C20H21Cl2N3O4. The molecule has 0 aliphatic carbocycles. The number of amides is 3. The van der Waals surface area contributed by atoms with Crippen LogP contribution < -0.4 is 15.4 Å². The Hall–Kier alpha value is -2.77. The van der Waals surface area contributed by atoms with Gasteiger partial charge in [-0.05, 0) is 31.2 Å². The van der Waals surface area contributed by atoms with Crippen LogP contribution in [0.15, 0.2) is 42.5 Å². The van der Waals surface area contributed by atoms with Crippen molar-refractivity contribution in [2.24, 2.45) is 0 Å². The lowest BCUT2D eigenvalue weighted by molar-refractivity contribution is -0.132. The van der Waals surface area contributed by atoms with E-state index in [0.29, 0.717) is 28.0 Å². The number of benzene rings is 2. The van der Waals surface area contributed by atoms with Gasteiger partial charge in [-0.2, -0.15) is 0 Å². The minimum absolute atomic E-state index is 0.230. The summed E-state index contributed by atoms with van der Waals surface area (Å²) < 4.78 is 5.41. The smallest absolute Gasteiger partial charge is 0.255 e. The van der Waals surface area contributed by atoms with Crippen molar-refractivity contribution in [2.75, 3.05) is 32.1 Å². The molecule has 2 aromatic carbocycles. The summed E-state index contributed by atoms with van der Waals surface area (Å²) in [6, 6.07) is 11.6. The van der Waals surface area contributed by atoms with E-state index in [1.165, 1.54) is 11.9 Å². The topological polar surface area (TPSA) is 87.7 Å². The number of anilines is 1. The summed E-state index contributed by atoms with van der Waals surface area (Å²) in [6.07, 6.45) is 0. The van der Waals surface area contributed by atoms with Crippen molar-refractivity contribution < 1.29 is 19.1 Å². The van der Waals surface area contributed by atoms with E-state index >= 15 is 0 Å². The number of nitrogens with zero attached hydrogens (tertiary/aromatic N) is 1. The standard InChI is InChI=1S/C20H21Cl2N3O4/c1-3-29-16-10-5-4-7-13(16)20(28)23-11-18(27)25(2)12-17(26)24-19-14(21)8-6-9-15(19)22/h4-10H,3,11-12H2,1-2H3,(H,23,28)(H,24,26). The van der Waals surface area contributed by atoms with Crippen molar-refractivity contribution in [1.82, 2.24) is 10.2 Å². The quantitative estimate of drug-likeness (QED) is 0.663. The highest BCUT2D eigenvalue weighted by Gasteiger charge is 2.17. The predicted octanol–water partition coefficient (Wildman–Crippen LogP) is 3.22. The van der Waals surface area contributed by atoms with Gasteiger partial charge in [-0.25, -0.2) is 0 Å². The third-order valence-electron chi connectivity index (χ3n) is 3.87. The normalized spacial score (nSPS) is 10.2. The van der Waals surface area contributed by atoms with Gasteiger partial charge in [0.2, 0.25) is 11.8 Å². The summed E-state index contributed by atoms with van der Waals surface area (Å²) in [6.45, 7) is 1.73. The summed E-state index contributed by atoms with van der Waals surface area (Å²) in [7, 11) is 1.45. The van der Waals surface area contributed by atoms with Crippen molar-refractivity contribution in [2.45, 2.75) is 6.92 Å². The molecule has 3 amide bonds. The second-order valence-electron chi connectivity index (χ2n) is 6.01. The second-order valence-corrected chi connectivity index (χ2v) is 6.82. The number of halogens is 2. The minimum atomic E-state index is -0.469. The van der Waals surface area contributed by atoms with Gasteiger partial charge in [-0.1, -0.05) is 41.4 Å². The lowest BCUT2D eigenvalue weighted by Crippen LogP contribution is -2.41. The molecule has 154 valence electrons. The maximum atomic E-state index is 12.3. The maximum Gasteiger partial charge on any atom is 0.255 e. The molecule has 0 saturated carbocycles. The van der Waals surface area contributed by atoms with Crippen molar-refractivity contribution in [3.8, 4) is 5.75 Å². The molecule has 0 bridgehead atoms. The van der Waals surface area contributed by atoms with Gasteiger partial charge < -0.3 is 20.3 Å². The average molecular weight is 438 g/mol. The van der Waals surface area contributed by atoms with Crippen LogP contribution in [0.25, 0.3) is 0 Å². The lowest BCUT2D eigenvalue weighted by Gasteiger charge is -2.18. The van der Waals surface area contributed by atoms with Crippen LogP contribution in [0, 0.1) is 0 Å². The molecule has 0 aliphatic rings. The molecule has 0 spiro atoms. The van der Waals surface area contributed by atoms with Crippen LogP contribution in [0.2, 0.25) is 10.0 Å². The molecule has 2 rings (SSSR count). The summed E-state index contributed by atoms with van der Waals surface area (Å²) >= 11 is 12.0. The Balaban J connectivity index is 1.89. The lowest BCUT2D eigenvalue weighted by atomic mass is 10.2. The fourth-order valence-corrected chi connectivity index (χ4v) is 2.91. The third-order valence-corrected chi connectivity index (χ3v) is 4.50. The first-order valence-electron chi connectivity index (χ1n) is 8.81. The number of carbonyl (C=O) groups is 3. The Kier molecular flexibility index (Phi) is 8.30. The van der Waals surface area contributed by atoms with Crippen LogP contribution in [0.3, 0.4) is 0 Å². The number of ether oxygens (including phenoxy) is 1. The number of para-hydroxylation sites is 2. The van der Waals surface area contributed by atoms with Gasteiger partial charge in [0, 0.05) is 7.05 Å². The van der Waals surface area contributed by atoms with Gasteiger partial charge in [0.1, 0.15) is 5.75 Å². The monoisotopic (exact) mass is 437 g/mol. The predicted molar refractivity (Wildman–Crippen MR) is 113 cm³/mol.